The molecule has 0 fully saturated rings. The summed E-state index contributed by atoms with van der Waals surface area (Å²) in [6.07, 6.45) is 1.57. The van der Waals surface area contributed by atoms with Gasteiger partial charge in [-0.25, -0.2) is 0 Å². The number of aryl methyl sites for hydroxylation is 1. The molecule has 0 saturated heterocycles. The van der Waals surface area contributed by atoms with E-state index in [9.17, 15) is 0 Å². The maximum Gasteiger partial charge on any atom is 0.249 e. The highest BCUT2D eigenvalue weighted by Crippen LogP contribution is 2.23. The molecular weight excluding hydrogens is 378 g/mol. The van der Waals surface area contributed by atoms with Gasteiger partial charge in [0.1, 0.15) is 0 Å². The molecule has 1 aromatic heterocycles. The van der Waals surface area contributed by atoms with Gasteiger partial charge in [-0.05, 0) is 48.9 Å². The first kappa shape index (κ1) is 15.7. The summed E-state index contributed by atoms with van der Waals surface area (Å²) in [5.41, 5.74) is 2.87. The van der Waals surface area contributed by atoms with Crippen molar-refractivity contribution in [1.29, 1.82) is 0 Å². The van der Waals surface area contributed by atoms with E-state index in [1.54, 1.807) is 18.3 Å². The Morgan fingerprint density at radius 1 is 1.04 bits per heavy atom. The number of aromatic nitrogens is 3. The molecule has 2 N–H and O–H groups in total. The van der Waals surface area contributed by atoms with Crippen molar-refractivity contribution in [2.24, 2.45) is 0 Å². The lowest BCUT2D eigenvalue weighted by atomic mass is 10.2. The van der Waals surface area contributed by atoms with Crippen LogP contribution in [0.2, 0.25) is 5.02 Å². The molecule has 0 bridgehead atoms. The van der Waals surface area contributed by atoms with Crippen LogP contribution >= 0.6 is 27.5 Å². The number of hydrogen-bond donors (Lipinski definition) is 2. The molecule has 1 heterocycles. The van der Waals surface area contributed by atoms with E-state index in [2.05, 4.69) is 41.7 Å². The van der Waals surface area contributed by atoms with E-state index in [-0.39, 0.29) is 0 Å². The van der Waals surface area contributed by atoms with Crippen LogP contribution in [-0.2, 0) is 0 Å². The van der Waals surface area contributed by atoms with Crippen molar-refractivity contribution in [3.05, 3.63) is 63.7 Å². The first-order valence-electron chi connectivity index (χ1n) is 6.86. The van der Waals surface area contributed by atoms with Gasteiger partial charge < -0.3 is 10.6 Å². The standard InChI is InChI=1S/C16H13BrClN5/c1-10-7-13(5-6-14(10)17)20-15-9-19-23-16(22-15)21-12-4-2-3-11(18)8-12/h2-9H,1H3,(H2,20,21,22,23). The number of benzene rings is 2. The average molecular weight is 391 g/mol. The molecule has 0 aliphatic rings. The van der Waals surface area contributed by atoms with E-state index in [0.29, 0.717) is 16.8 Å². The monoisotopic (exact) mass is 389 g/mol. The smallest absolute Gasteiger partial charge is 0.249 e. The van der Waals surface area contributed by atoms with Crippen LogP contribution < -0.4 is 10.6 Å². The molecule has 116 valence electrons. The van der Waals surface area contributed by atoms with Gasteiger partial charge in [0, 0.05) is 20.9 Å². The SMILES string of the molecule is Cc1cc(Nc2cnnc(Nc3cccc(Cl)c3)n2)ccc1Br. The van der Waals surface area contributed by atoms with E-state index in [0.717, 1.165) is 21.4 Å². The minimum absolute atomic E-state index is 0.395. The van der Waals surface area contributed by atoms with Crippen LogP contribution in [0.15, 0.2) is 53.1 Å². The van der Waals surface area contributed by atoms with Crippen molar-refractivity contribution < 1.29 is 0 Å². The lowest BCUT2D eigenvalue weighted by Gasteiger charge is -2.09. The Balaban J connectivity index is 1.78. The van der Waals surface area contributed by atoms with E-state index >= 15 is 0 Å². The molecule has 0 aliphatic carbocycles. The second-order valence-electron chi connectivity index (χ2n) is 4.89. The van der Waals surface area contributed by atoms with Crippen LogP contribution in [0.1, 0.15) is 5.56 Å². The van der Waals surface area contributed by atoms with Crippen LogP contribution in [0.3, 0.4) is 0 Å². The van der Waals surface area contributed by atoms with E-state index in [1.807, 2.05) is 37.3 Å². The summed E-state index contributed by atoms with van der Waals surface area (Å²) >= 11 is 9.45. The topological polar surface area (TPSA) is 62.7 Å². The number of anilines is 4. The Hall–Kier alpha value is -2.18. The van der Waals surface area contributed by atoms with Crippen molar-refractivity contribution in [3.8, 4) is 0 Å². The molecule has 7 heteroatoms. The first-order valence-corrected chi connectivity index (χ1v) is 8.03. The summed E-state index contributed by atoms with van der Waals surface area (Å²) in [6, 6.07) is 13.3. The largest absolute Gasteiger partial charge is 0.339 e. The van der Waals surface area contributed by atoms with Gasteiger partial charge in [0.15, 0.2) is 5.82 Å². The van der Waals surface area contributed by atoms with E-state index < -0.39 is 0 Å². The van der Waals surface area contributed by atoms with Crippen molar-refractivity contribution in [3.63, 3.8) is 0 Å². The highest BCUT2D eigenvalue weighted by Gasteiger charge is 2.03. The van der Waals surface area contributed by atoms with Gasteiger partial charge in [-0.3, -0.25) is 0 Å². The second kappa shape index (κ2) is 6.93. The predicted octanol–water partition coefficient (Wildman–Crippen LogP) is 5.08. The fourth-order valence-electron chi connectivity index (χ4n) is 1.98. The molecular formula is C16H13BrClN5. The number of nitrogens with zero attached hydrogens (tertiary/aromatic N) is 3. The number of rotatable bonds is 4. The zero-order chi connectivity index (χ0) is 16.2. The fraction of sp³-hybridized carbons (Fsp3) is 0.0625. The molecule has 0 saturated carbocycles. The number of nitrogens with one attached hydrogen (secondary N) is 2. The molecule has 0 aliphatic heterocycles. The summed E-state index contributed by atoms with van der Waals surface area (Å²) < 4.78 is 1.06. The number of halogens is 2. The van der Waals surface area contributed by atoms with E-state index in [1.165, 1.54) is 0 Å². The predicted molar refractivity (Wildman–Crippen MR) is 96.7 cm³/mol. The highest BCUT2D eigenvalue weighted by atomic mass is 79.9. The summed E-state index contributed by atoms with van der Waals surface area (Å²) in [6.45, 7) is 2.03. The van der Waals surface area contributed by atoms with Gasteiger partial charge in [0.25, 0.3) is 0 Å². The van der Waals surface area contributed by atoms with Crippen LogP contribution in [0.5, 0.6) is 0 Å². The third-order valence-electron chi connectivity index (χ3n) is 3.07. The molecule has 0 amide bonds. The van der Waals surface area contributed by atoms with Gasteiger partial charge in [0.2, 0.25) is 5.95 Å². The molecule has 0 spiro atoms. The second-order valence-corrected chi connectivity index (χ2v) is 6.18. The fourth-order valence-corrected chi connectivity index (χ4v) is 2.42. The minimum Gasteiger partial charge on any atom is -0.339 e. The van der Waals surface area contributed by atoms with Gasteiger partial charge in [-0.2, -0.15) is 10.1 Å². The van der Waals surface area contributed by atoms with Crippen molar-refractivity contribution in [2.45, 2.75) is 6.92 Å². The van der Waals surface area contributed by atoms with E-state index in [4.69, 9.17) is 11.6 Å². The maximum atomic E-state index is 5.96. The molecule has 0 radical (unpaired) electrons. The van der Waals surface area contributed by atoms with Crippen molar-refractivity contribution >= 4 is 50.7 Å². The molecule has 23 heavy (non-hydrogen) atoms. The lowest BCUT2D eigenvalue weighted by molar-refractivity contribution is 0.982. The molecule has 3 rings (SSSR count). The third kappa shape index (κ3) is 4.18. The average Bonchev–Trinajstić information content (AvgIpc) is 2.51. The third-order valence-corrected chi connectivity index (χ3v) is 4.19. The van der Waals surface area contributed by atoms with Crippen LogP contribution in [0.4, 0.5) is 23.1 Å². The quantitative estimate of drug-likeness (QED) is 0.650. The number of hydrogen-bond acceptors (Lipinski definition) is 5. The Labute approximate surface area is 147 Å². The van der Waals surface area contributed by atoms with Gasteiger partial charge in [0.05, 0.1) is 6.20 Å². The summed E-state index contributed by atoms with van der Waals surface area (Å²) in [5.74, 6) is 0.998. The zero-order valence-electron chi connectivity index (χ0n) is 12.2. The van der Waals surface area contributed by atoms with Gasteiger partial charge in [-0.1, -0.05) is 33.6 Å². The molecule has 0 atom stereocenters. The van der Waals surface area contributed by atoms with Crippen molar-refractivity contribution in [2.75, 3.05) is 10.6 Å². The van der Waals surface area contributed by atoms with Gasteiger partial charge >= 0.3 is 0 Å². The Morgan fingerprint density at radius 3 is 2.65 bits per heavy atom. The summed E-state index contributed by atoms with van der Waals surface area (Å²) in [4.78, 5) is 4.39. The van der Waals surface area contributed by atoms with Gasteiger partial charge in [-0.15, -0.1) is 5.10 Å². The van der Waals surface area contributed by atoms with Crippen LogP contribution in [0.25, 0.3) is 0 Å². The minimum atomic E-state index is 0.395. The zero-order valence-corrected chi connectivity index (χ0v) is 14.6. The first-order chi connectivity index (χ1) is 11.1. The summed E-state index contributed by atoms with van der Waals surface area (Å²) in [5, 5.41) is 14.9. The van der Waals surface area contributed by atoms with Crippen LogP contribution in [-0.4, -0.2) is 15.2 Å². The molecule has 0 unspecified atom stereocenters. The highest BCUT2D eigenvalue weighted by molar-refractivity contribution is 9.10. The molecule has 3 aromatic rings. The Morgan fingerprint density at radius 2 is 1.87 bits per heavy atom. The maximum absolute atomic E-state index is 5.96. The Kier molecular flexibility index (Phi) is 4.73. The van der Waals surface area contributed by atoms with Crippen molar-refractivity contribution in [1.82, 2.24) is 15.2 Å². The lowest BCUT2D eigenvalue weighted by Crippen LogP contribution is -2.02. The molecule has 5 nitrogen and oxygen atoms in total. The molecule has 2 aromatic carbocycles. The Bertz CT molecular complexity index is 840. The van der Waals surface area contributed by atoms with Crippen LogP contribution in [0, 0.1) is 6.92 Å². The normalized spacial score (nSPS) is 10.4. The summed E-state index contributed by atoms with van der Waals surface area (Å²) in [7, 11) is 0.